The number of benzene rings is 1. The number of ketones is 2. The van der Waals surface area contributed by atoms with Crippen molar-refractivity contribution < 1.29 is 34.8 Å². The fourth-order valence-corrected chi connectivity index (χ4v) is 5.70. The van der Waals surface area contributed by atoms with E-state index in [9.17, 15) is 34.8 Å². The summed E-state index contributed by atoms with van der Waals surface area (Å²) < 4.78 is 0. The highest BCUT2D eigenvalue weighted by Gasteiger charge is 2.60. The number of nitrogens with zero attached hydrogens (tertiary/aromatic N) is 1. The van der Waals surface area contributed by atoms with Crippen molar-refractivity contribution in [3.8, 4) is 17.0 Å². The van der Waals surface area contributed by atoms with Gasteiger partial charge in [0.1, 0.15) is 22.8 Å². The molecule has 1 aromatic heterocycles. The third-order valence-electron chi connectivity index (χ3n) is 7.46. The van der Waals surface area contributed by atoms with Crippen LogP contribution in [-0.2, 0) is 27.2 Å². The molecule has 1 aromatic carbocycles. The largest absolute Gasteiger partial charge is 0.508 e. The number of phenols is 1. The standard InChI is InChI=1S/C26H24N2O7/c1-2-11-5-6-28-16(7-11)14-3-4-17(29)20-15(14)9-12-8-13-10-18(30)21(25(27)34)24(33)26(13,35)23(32)19(12)22(20)31/h3-7,12-13,29,31,33,35H,2,8-10H2,1H3,(H2,27,34)/t12-,13+,26+/m1/s1. The number of aromatic hydroxyl groups is 1. The van der Waals surface area contributed by atoms with Crippen molar-refractivity contribution in [1.82, 2.24) is 4.98 Å². The van der Waals surface area contributed by atoms with Crippen LogP contribution in [0.4, 0.5) is 0 Å². The molecule has 35 heavy (non-hydrogen) atoms. The first kappa shape index (κ1) is 22.8. The van der Waals surface area contributed by atoms with Crippen molar-refractivity contribution in [2.45, 2.75) is 38.2 Å². The molecular weight excluding hydrogens is 452 g/mol. The quantitative estimate of drug-likeness (QED) is 0.419. The number of carbonyl (C=O) groups is 3. The van der Waals surface area contributed by atoms with Crippen LogP contribution >= 0.6 is 0 Å². The monoisotopic (exact) mass is 476 g/mol. The van der Waals surface area contributed by atoms with Crippen molar-refractivity contribution >= 4 is 23.2 Å². The number of aryl methyl sites for hydroxylation is 1. The minimum absolute atomic E-state index is 0.0540. The first-order valence-electron chi connectivity index (χ1n) is 11.4. The van der Waals surface area contributed by atoms with E-state index in [1.165, 1.54) is 6.07 Å². The maximum atomic E-state index is 13.6. The Hall–Kier alpha value is -3.98. The van der Waals surface area contributed by atoms with Gasteiger partial charge in [0.25, 0.3) is 5.91 Å². The Labute approximate surface area is 200 Å². The van der Waals surface area contributed by atoms with Gasteiger partial charge in [0, 0.05) is 29.7 Å². The molecule has 9 heteroatoms. The molecule has 1 saturated carbocycles. The first-order valence-corrected chi connectivity index (χ1v) is 11.4. The van der Waals surface area contributed by atoms with E-state index >= 15 is 0 Å². The van der Waals surface area contributed by atoms with Gasteiger partial charge in [-0.3, -0.25) is 19.4 Å². The number of aromatic nitrogens is 1. The molecule has 1 amide bonds. The predicted octanol–water partition coefficient (Wildman–Crippen LogP) is 2.05. The lowest BCUT2D eigenvalue weighted by Crippen LogP contribution is -2.58. The molecular formula is C26H24N2O7. The molecule has 0 aliphatic heterocycles. The van der Waals surface area contributed by atoms with Gasteiger partial charge in [-0.15, -0.1) is 0 Å². The van der Waals surface area contributed by atoms with Gasteiger partial charge < -0.3 is 26.2 Å². The average Bonchev–Trinajstić information content (AvgIpc) is 2.81. The summed E-state index contributed by atoms with van der Waals surface area (Å²) in [4.78, 5) is 42.2. The number of hydrogen-bond donors (Lipinski definition) is 5. The number of nitrogens with two attached hydrogens (primary N) is 1. The topological polar surface area (TPSA) is 171 Å². The number of aliphatic hydroxyl groups excluding tert-OH is 2. The Morgan fingerprint density at radius 3 is 2.60 bits per heavy atom. The van der Waals surface area contributed by atoms with E-state index in [2.05, 4.69) is 4.98 Å². The number of fused-ring (bicyclic) bond motifs is 3. The molecule has 2 aromatic rings. The molecule has 3 aliphatic carbocycles. The second-order valence-corrected chi connectivity index (χ2v) is 9.30. The van der Waals surface area contributed by atoms with Gasteiger partial charge in [-0.1, -0.05) is 6.92 Å². The summed E-state index contributed by atoms with van der Waals surface area (Å²) in [6.07, 6.45) is 2.44. The van der Waals surface area contributed by atoms with Crippen LogP contribution in [0.15, 0.2) is 47.4 Å². The van der Waals surface area contributed by atoms with Crippen molar-refractivity contribution in [1.29, 1.82) is 0 Å². The summed E-state index contributed by atoms with van der Waals surface area (Å²) in [5.41, 5.74) is 4.70. The van der Waals surface area contributed by atoms with Crippen molar-refractivity contribution in [2.75, 3.05) is 0 Å². The number of rotatable bonds is 3. The highest BCUT2D eigenvalue weighted by Crippen LogP contribution is 2.52. The van der Waals surface area contributed by atoms with E-state index in [-0.39, 0.29) is 36.1 Å². The van der Waals surface area contributed by atoms with Crippen LogP contribution in [0.25, 0.3) is 17.0 Å². The predicted molar refractivity (Wildman–Crippen MR) is 124 cm³/mol. The number of amides is 1. The summed E-state index contributed by atoms with van der Waals surface area (Å²) in [6.45, 7) is 2.01. The number of aliphatic hydroxyl groups is 3. The molecule has 3 atom stereocenters. The Bertz CT molecular complexity index is 1390. The highest BCUT2D eigenvalue weighted by molar-refractivity contribution is 6.22. The second-order valence-electron chi connectivity index (χ2n) is 9.30. The molecule has 0 spiro atoms. The van der Waals surface area contributed by atoms with Crippen LogP contribution in [0.5, 0.6) is 5.75 Å². The number of pyridine rings is 1. The Morgan fingerprint density at radius 2 is 1.91 bits per heavy atom. The first-order chi connectivity index (χ1) is 16.6. The zero-order chi connectivity index (χ0) is 25.2. The Balaban J connectivity index is 1.70. The number of primary amides is 1. The lowest BCUT2D eigenvalue weighted by atomic mass is 9.59. The molecule has 1 heterocycles. The Kier molecular flexibility index (Phi) is 5.06. The third-order valence-corrected chi connectivity index (χ3v) is 7.46. The van der Waals surface area contributed by atoms with Crippen molar-refractivity contribution in [2.24, 2.45) is 17.6 Å². The lowest BCUT2D eigenvalue weighted by Gasteiger charge is -2.46. The molecule has 0 radical (unpaired) electrons. The molecule has 3 aliphatic rings. The fourth-order valence-electron chi connectivity index (χ4n) is 5.70. The van der Waals surface area contributed by atoms with E-state index in [0.29, 0.717) is 16.8 Å². The second kappa shape index (κ2) is 7.78. The maximum Gasteiger partial charge on any atom is 0.255 e. The number of hydrogen-bond acceptors (Lipinski definition) is 8. The molecule has 1 fully saturated rings. The van der Waals surface area contributed by atoms with Gasteiger partial charge in [0.15, 0.2) is 11.4 Å². The number of Topliss-reactive ketones (excluding diaryl/α,β-unsaturated/α-hetero) is 2. The van der Waals surface area contributed by atoms with Gasteiger partial charge in [-0.2, -0.15) is 0 Å². The summed E-state index contributed by atoms with van der Waals surface area (Å²) in [7, 11) is 0. The van der Waals surface area contributed by atoms with Gasteiger partial charge in [-0.25, -0.2) is 0 Å². The van der Waals surface area contributed by atoms with Crippen molar-refractivity contribution in [3.63, 3.8) is 0 Å². The number of phenolic OH excluding ortho intramolecular Hbond substituents is 1. The smallest absolute Gasteiger partial charge is 0.255 e. The van der Waals surface area contributed by atoms with Crippen LogP contribution in [0, 0.1) is 11.8 Å². The maximum absolute atomic E-state index is 13.6. The molecule has 9 nitrogen and oxygen atoms in total. The average molecular weight is 476 g/mol. The van der Waals surface area contributed by atoms with E-state index < -0.39 is 52.0 Å². The minimum atomic E-state index is -2.57. The summed E-state index contributed by atoms with van der Waals surface area (Å²) >= 11 is 0. The summed E-state index contributed by atoms with van der Waals surface area (Å²) in [5, 5.41) is 43.8. The van der Waals surface area contributed by atoms with Crippen LogP contribution in [0.3, 0.4) is 0 Å². The van der Waals surface area contributed by atoms with Crippen LogP contribution in [-0.4, -0.2) is 48.5 Å². The van der Waals surface area contributed by atoms with Gasteiger partial charge in [0.2, 0.25) is 5.78 Å². The summed E-state index contributed by atoms with van der Waals surface area (Å²) in [6, 6.07) is 6.92. The fraction of sp³-hybridized carbons (Fsp3) is 0.308. The normalized spacial score (nSPS) is 25.8. The zero-order valence-electron chi connectivity index (χ0n) is 18.9. The van der Waals surface area contributed by atoms with E-state index in [4.69, 9.17) is 5.73 Å². The molecule has 180 valence electrons. The Morgan fingerprint density at radius 1 is 1.17 bits per heavy atom. The third kappa shape index (κ3) is 3.11. The lowest BCUT2D eigenvalue weighted by molar-refractivity contribution is -0.147. The van der Waals surface area contributed by atoms with Crippen molar-refractivity contribution in [3.05, 3.63) is 64.1 Å². The molecule has 0 bridgehead atoms. The van der Waals surface area contributed by atoms with Crippen LogP contribution in [0.2, 0.25) is 0 Å². The molecule has 0 saturated heterocycles. The SMILES string of the molecule is CCc1ccnc(-c2ccc(O)c3c2C[C@H]2C[C@H]4CC(=O)C(C(N)=O)=C(O)[C@@]4(O)C(=O)C2=C3O)c1. The van der Waals surface area contributed by atoms with Crippen LogP contribution in [0.1, 0.15) is 36.5 Å². The van der Waals surface area contributed by atoms with Gasteiger partial charge in [-0.05, 0) is 60.6 Å². The van der Waals surface area contributed by atoms with E-state index in [1.54, 1.807) is 12.3 Å². The van der Waals surface area contributed by atoms with Gasteiger partial charge >= 0.3 is 0 Å². The van der Waals surface area contributed by atoms with E-state index in [0.717, 1.165) is 12.0 Å². The summed E-state index contributed by atoms with van der Waals surface area (Å²) in [5.74, 6) is -6.45. The minimum Gasteiger partial charge on any atom is -0.508 e. The van der Waals surface area contributed by atoms with Gasteiger partial charge in [0.05, 0.1) is 11.3 Å². The highest BCUT2D eigenvalue weighted by atomic mass is 16.3. The molecule has 0 unspecified atom stereocenters. The zero-order valence-corrected chi connectivity index (χ0v) is 18.9. The van der Waals surface area contributed by atoms with Crippen LogP contribution < -0.4 is 5.73 Å². The molecule has 6 N–H and O–H groups in total. The van der Waals surface area contributed by atoms with E-state index in [1.807, 2.05) is 19.1 Å². The molecule has 5 rings (SSSR count). The number of carbonyl (C=O) groups excluding carboxylic acids is 3.